The summed E-state index contributed by atoms with van der Waals surface area (Å²) < 4.78 is 0. The molecule has 0 saturated carbocycles. The van der Waals surface area contributed by atoms with Gasteiger partial charge in [0.05, 0.1) is 5.56 Å². The number of carboxylic acid groups (broad SMARTS) is 1. The van der Waals surface area contributed by atoms with Crippen LogP contribution >= 0.6 is 0 Å². The number of aromatic carboxylic acids is 1. The lowest BCUT2D eigenvalue weighted by atomic mass is 9.89. The number of likely N-dealkylation sites (tertiary alicyclic amines) is 1. The maximum atomic E-state index is 11.1. The molecule has 0 radical (unpaired) electrons. The number of benzene rings is 1. The number of piperidine rings is 1. The van der Waals surface area contributed by atoms with Crippen LogP contribution in [0, 0.1) is 0 Å². The van der Waals surface area contributed by atoms with E-state index in [0.717, 1.165) is 43.6 Å². The molecule has 1 atom stereocenters. The van der Waals surface area contributed by atoms with E-state index in [0.29, 0.717) is 11.5 Å². The lowest BCUT2D eigenvalue weighted by Crippen LogP contribution is -2.34. The predicted molar refractivity (Wildman–Crippen MR) is 82.7 cm³/mol. The van der Waals surface area contributed by atoms with Crippen LogP contribution in [-0.2, 0) is 6.54 Å². The summed E-state index contributed by atoms with van der Waals surface area (Å²) in [6.45, 7) is 2.85. The van der Waals surface area contributed by atoms with Crippen molar-refractivity contribution in [1.82, 2.24) is 14.9 Å². The second kappa shape index (κ2) is 6.66. The van der Waals surface area contributed by atoms with E-state index in [-0.39, 0.29) is 0 Å². The number of hydrogen-bond donors (Lipinski definition) is 1. The topological polar surface area (TPSA) is 66.3 Å². The monoisotopic (exact) mass is 297 g/mol. The Kier molecular flexibility index (Phi) is 4.44. The van der Waals surface area contributed by atoms with Crippen LogP contribution in [0.3, 0.4) is 0 Å². The van der Waals surface area contributed by atoms with Crippen LogP contribution in [0.25, 0.3) is 0 Å². The molecule has 0 spiro atoms. The minimum absolute atomic E-state index is 0.367. The number of hydrogen-bond acceptors (Lipinski definition) is 4. The summed E-state index contributed by atoms with van der Waals surface area (Å²) in [6.07, 6.45) is 7.46. The van der Waals surface area contributed by atoms with Crippen LogP contribution in [0.15, 0.2) is 43.0 Å². The molecule has 1 N–H and O–H groups in total. The first-order chi connectivity index (χ1) is 10.7. The van der Waals surface area contributed by atoms with Crippen molar-refractivity contribution in [3.05, 3.63) is 59.7 Å². The average Bonchev–Trinajstić information content (AvgIpc) is 2.56. The van der Waals surface area contributed by atoms with Gasteiger partial charge < -0.3 is 5.11 Å². The van der Waals surface area contributed by atoms with Crippen molar-refractivity contribution >= 4 is 5.97 Å². The molecule has 114 valence electrons. The largest absolute Gasteiger partial charge is 0.478 e. The van der Waals surface area contributed by atoms with E-state index < -0.39 is 5.97 Å². The van der Waals surface area contributed by atoms with E-state index in [9.17, 15) is 4.79 Å². The zero-order valence-electron chi connectivity index (χ0n) is 12.4. The fourth-order valence-electron chi connectivity index (χ4n) is 3.07. The quantitative estimate of drug-likeness (QED) is 0.939. The minimum Gasteiger partial charge on any atom is -0.478 e. The summed E-state index contributed by atoms with van der Waals surface area (Å²) >= 11 is 0. The van der Waals surface area contributed by atoms with Gasteiger partial charge in [0.2, 0.25) is 0 Å². The molecule has 0 bridgehead atoms. The van der Waals surface area contributed by atoms with E-state index in [4.69, 9.17) is 5.11 Å². The molecule has 1 saturated heterocycles. The van der Waals surface area contributed by atoms with E-state index in [1.165, 1.54) is 0 Å². The van der Waals surface area contributed by atoms with Crippen molar-refractivity contribution in [2.75, 3.05) is 13.1 Å². The zero-order chi connectivity index (χ0) is 15.4. The van der Waals surface area contributed by atoms with Gasteiger partial charge in [0.1, 0.15) is 6.33 Å². The number of rotatable bonds is 4. The highest BCUT2D eigenvalue weighted by molar-refractivity contribution is 5.87. The van der Waals surface area contributed by atoms with Crippen LogP contribution < -0.4 is 0 Å². The molecule has 1 aromatic carbocycles. The van der Waals surface area contributed by atoms with Gasteiger partial charge in [0, 0.05) is 31.0 Å². The Balaban J connectivity index is 1.70. The van der Waals surface area contributed by atoms with Crippen LogP contribution in [0.2, 0.25) is 0 Å². The van der Waals surface area contributed by atoms with Gasteiger partial charge in [-0.15, -0.1) is 0 Å². The van der Waals surface area contributed by atoms with E-state index in [2.05, 4.69) is 14.9 Å². The second-order valence-corrected chi connectivity index (χ2v) is 5.75. The van der Waals surface area contributed by atoms with E-state index >= 15 is 0 Å². The molecule has 0 aliphatic carbocycles. The number of nitrogens with zero attached hydrogens (tertiary/aromatic N) is 3. The van der Waals surface area contributed by atoms with Crippen molar-refractivity contribution in [1.29, 1.82) is 0 Å². The summed E-state index contributed by atoms with van der Waals surface area (Å²) in [5, 5.41) is 9.13. The van der Waals surface area contributed by atoms with E-state index in [1.807, 2.05) is 30.6 Å². The standard InChI is InChI=1S/C17H19N3O2/c21-17(22)15-4-1-3-14(7-15)16-5-2-6-20(11-16)10-13-8-18-12-19-9-13/h1,3-4,7-9,12,16H,2,5-6,10-11H2,(H,21,22). The Hall–Kier alpha value is -2.27. The summed E-state index contributed by atoms with van der Waals surface area (Å²) in [5.41, 5.74) is 2.60. The van der Waals surface area contributed by atoms with Crippen LogP contribution in [-0.4, -0.2) is 39.0 Å². The highest BCUT2D eigenvalue weighted by atomic mass is 16.4. The molecule has 3 rings (SSSR count). The number of carbonyl (C=O) groups is 1. The van der Waals surface area contributed by atoms with Gasteiger partial charge in [-0.2, -0.15) is 0 Å². The molecule has 5 heteroatoms. The number of aromatic nitrogens is 2. The van der Waals surface area contributed by atoms with Crippen LogP contribution in [0.5, 0.6) is 0 Å². The molecule has 5 nitrogen and oxygen atoms in total. The molecule has 1 aromatic heterocycles. The fourth-order valence-corrected chi connectivity index (χ4v) is 3.07. The molecule has 2 heterocycles. The third-order valence-corrected chi connectivity index (χ3v) is 4.13. The molecule has 1 fully saturated rings. The molecular formula is C17H19N3O2. The Bertz CT molecular complexity index is 645. The van der Waals surface area contributed by atoms with Gasteiger partial charge in [-0.3, -0.25) is 4.90 Å². The van der Waals surface area contributed by atoms with Gasteiger partial charge in [0.25, 0.3) is 0 Å². The molecule has 1 aliphatic rings. The second-order valence-electron chi connectivity index (χ2n) is 5.75. The van der Waals surface area contributed by atoms with Crippen molar-refractivity contribution in [3.63, 3.8) is 0 Å². The summed E-state index contributed by atoms with van der Waals surface area (Å²) in [6, 6.07) is 7.32. The lowest BCUT2D eigenvalue weighted by molar-refractivity contribution is 0.0696. The van der Waals surface area contributed by atoms with Gasteiger partial charge in [-0.05, 0) is 43.0 Å². The third kappa shape index (κ3) is 3.49. The molecule has 0 amide bonds. The van der Waals surface area contributed by atoms with Crippen molar-refractivity contribution in [3.8, 4) is 0 Å². The first-order valence-corrected chi connectivity index (χ1v) is 7.52. The average molecular weight is 297 g/mol. The minimum atomic E-state index is -0.865. The summed E-state index contributed by atoms with van der Waals surface area (Å²) in [7, 11) is 0. The van der Waals surface area contributed by atoms with Crippen molar-refractivity contribution < 1.29 is 9.90 Å². The maximum Gasteiger partial charge on any atom is 0.335 e. The first-order valence-electron chi connectivity index (χ1n) is 7.52. The predicted octanol–water partition coefficient (Wildman–Crippen LogP) is 2.55. The molecular weight excluding hydrogens is 278 g/mol. The SMILES string of the molecule is O=C(O)c1cccc(C2CCCN(Cc3cncnc3)C2)c1. The molecule has 22 heavy (non-hydrogen) atoms. The normalized spacial score (nSPS) is 19.0. The molecule has 2 aromatic rings. The molecule has 1 unspecified atom stereocenters. The van der Waals surface area contributed by atoms with Crippen molar-refractivity contribution in [2.24, 2.45) is 0 Å². The van der Waals surface area contributed by atoms with Gasteiger partial charge in [0.15, 0.2) is 0 Å². The van der Waals surface area contributed by atoms with Crippen LogP contribution in [0.4, 0.5) is 0 Å². The zero-order valence-corrected chi connectivity index (χ0v) is 12.4. The maximum absolute atomic E-state index is 11.1. The Morgan fingerprint density at radius 2 is 2.14 bits per heavy atom. The van der Waals surface area contributed by atoms with Gasteiger partial charge in [-0.1, -0.05) is 12.1 Å². The smallest absolute Gasteiger partial charge is 0.335 e. The highest BCUT2D eigenvalue weighted by Crippen LogP contribution is 2.28. The van der Waals surface area contributed by atoms with Crippen molar-refractivity contribution in [2.45, 2.75) is 25.3 Å². The van der Waals surface area contributed by atoms with E-state index in [1.54, 1.807) is 12.4 Å². The van der Waals surface area contributed by atoms with Gasteiger partial charge in [-0.25, -0.2) is 14.8 Å². The summed E-state index contributed by atoms with van der Waals surface area (Å²) in [5.74, 6) is -0.478. The van der Waals surface area contributed by atoms with Gasteiger partial charge >= 0.3 is 5.97 Å². The Labute approximate surface area is 129 Å². The molecule has 1 aliphatic heterocycles. The Morgan fingerprint density at radius 1 is 1.32 bits per heavy atom. The Morgan fingerprint density at radius 3 is 2.91 bits per heavy atom. The third-order valence-electron chi connectivity index (χ3n) is 4.13. The van der Waals surface area contributed by atoms with Crippen LogP contribution in [0.1, 0.15) is 40.2 Å². The first kappa shape index (κ1) is 14.7. The summed E-state index contributed by atoms with van der Waals surface area (Å²) in [4.78, 5) is 21.6. The fraction of sp³-hybridized carbons (Fsp3) is 0.353. The highest BCUT2D eigenvalue weighted by Gasteiger charge is 2.22. The lowest BCUT2D eigenvalue weighted by Gasteiger charge is -2.33. The number of carboxylic acids is 1.